The molecular formula is C19H15N3O. The number of allylic oxidation sites excluding steroid dienone is 6. The van der Waals surface area contributed by atoms with E-state index >= 15 is 0 Å². The number of benzene rings is 1. The smallest absolute Gasteiger partial charge is 0.162 e. The van der Waals surface area contributed by atoms with Crippen LogP contribution < -0.4 is 5.43 Å². The van der Waals surface area contributed by atoms with Gasteiger partial charge in [-0.25, -0.2) is 0 Å². The molecule has 2 aliphatic heterocycles. The molecular weight excluding hydrogens is 286 g/mol. The highest BCUT2D eigenvalue weighted by Crippen LogP contribution is 2.45. The number of rotatable bonds is 1. The third-order valence-corrected chi connectivity index (χ3v) is 4.91. The van der Waals surface area contributed by atoms with Crippen molar-refractivity contribution in [3.8, 4) is 0 Å². The molecule has 0 fully saturated rings. The molecule has 0 aromatic heterocycles. The minimum absolute atomic E-state index is 0.108. The summed E-state index contributed by atoms with van der Waals surface area (Å²) in [5, 5.41) is 4.31. The van der Waals surface area contributed by atoms with Crippen molar-refractivity contribution in [1.82, 2.24) is 5.43 Å². The van der Waals surface area contributed by atoms with Crippen molar-refractivity contribution in [2.75, 3.05) is 0 Å². The molecule has 1 N–H and O–H groups in total. The van der Waals surface area contributed by atoms with Crippen molar-refractivity contribution in [1.29, 1.82) is 0 Å². The van der Waals surface area contributed by atoms with Gasteiger partial charge in [-0.15, -0.1) is 0 Å². The maximum absolute atomic E-state index is 11.9. The molecule has 1 aromatic carbocycles. The summed E-state index contributed by atoms with van der Waals surface area (Å²) in [5.74, 6) is 0.510. The normalized spacial score (nSPS) is 24.9. The van der Waals surface area contributed by atoms with Crippen molar-refractivity contribution < 1.29 is 4.79 Å². The molecule has 0 bridgehead atoms. The Morgan fingerprint density at radius 1 is 1.09 bits per heavy atom. The first-order valence-electron chi connectivity index (χ1n) is 7.93. The number of hydrogen-bond donors (Lipinski definition) is 1. The summed E-state index contributed by atoms with van der Waals surface area (Å²) in [4.78, 5) is 16.7. The second-order valence-electron chi connectivity index (χ2n) is 6.36. The van der Waals surface area contributed by atoms with E-state index in [0.29, 0.717) is 12.3 Å². The van der Waals surface area contributed by atoms with Gasteiger partial charge in [-0.2, -0.15) is 5.10 Å². The fourth-order valence-corrected chi connectivity index (χ4v) is 3.93. The molecule has 1 atom stereocenters. The van der Waals surface area contributed by atoms with Crippen molar-refractivity contribution >= 4 is 17.7 Å². The van der Waals surface area contributed by atoms with Crippen LogP contribution in [0.1, 0.15) is 30.7 Å². The molecule has 4 heteroatoms. The van der Waals surface area contributed by atoms with E-state index in [1.165, 1.54) is 11.1 Å². The zero-order valence-corrected chi connectivity index (χ0v) is 12.5. The highest BCUT2D eigenvalue weighted by atomic mass is 16.1. The van der Waals surface area contributed by atoms with Crippen LogP contribution in [0, 0.1) is 0 Å². The molecule has 5 rings (SSSR count). The lowest BCUT2D eigenvalue weighted by Gasteiger charge is -2.26. The molecule has 1 aromatic rings. The molecule has 0 spiro atoms. The summed E-state index contributed by atoms with van der Waals surface area (Å²) in [6.07, 6.45) is 5.69. The monoisotopic (exact) mass is 301 g/mol. The van der Waals surface area contributed by atoms with E-state index in [0.717, 1.165) is 41.1 Å². The maximum atomic E-state index is 11.9. The second kappa shape index (κ2) is 4.62. The van der Waals surface area contributed by atoms with Gasteiger partial charge in [0.2, 0.25) is 0 Å². The predicted octanol–water partition coefficient (Wildman–Crippen LogP) is 3.02. The van der Waals surface area contributed by atoms with Crippen LogP contribution in [0.15, 0.2) is 74.6 Å². The standard InChI is InChI=1S/C19H15N3O/c23-14-6-13-10-20-22-17-8-12(11-4-2-1-3-5-11)7-15-19(17)18(13)16(9-14)21-15/h1-6,10,12,22H,7-9H2. The molecule has 2 aliphatic carbocycles. The highest BCUT2D eigenvalue weighted by Gasteiger charge is 2.37. The van der Waals surface area contributed by atoms with Gasteiger partial charge < -0.3 is 0 Å². The Kier molecular flexibility index (Phi) is 2.56. The first-order chi connectivity index (χ1) is 11.3. The Labute approximate surface area is 134 Å². The Hall–Kier alpha value is -2.75. The van der Waals surface area contributed by atoms with Gasteiger partial charge >= 0.3 is 0 Å². The summed E-state index contributed by atoms with van der Waals surface area (Å²) in [6, 6.07) is 10.6. The van der Waals surface area contributed by atoms with E-state index in [9.17, 15) is 4.79 Å². The summed E-state index contributed by atoms with van der Waals surface area (Å²) < 4.78 is 0. The lowest BCUT2D eigenvalue weighted by atomic mass is 9.78. The zero-order valence-electron chi connectivity index (χ0n) is 12.5. The van der Waals surface area contributed by atoms with Gasteiger partial charge in [-0.05, 0) is 30.4 Å². The number of hydrogen-bond acceptors (Lipinski definition) is 4. The Morgan fingerprint density at radius 2 is 1.96 bits per heavy atom. The largest absolute Gasteiger partial charge is 0.294 e. The molecule has 0 saturated carbocycles. The predicted molar refractivity (Wildman–Crippen MR) is 89.2 cm³/mol. The molecule has 112 valence electrons. The van der Waals surface area contributed by atoms with E-state index in [1.54, 1.807) is 12.3 Å². The number of hydrazone groups is 1. The summed E-state index contributed by atoms with van der Waals surface area (Å²) in [6.45, 7) is 0. The average molecular weight is 301 g/mol. The number of nitrogens with zero attached hydrogens (tertiary/aromatic N) is 2. The van der Waals surface area contributed by atoms with Gasteiger partial charge in [0.25, 0.3) is 0 Å². The van der Waals surface area contributed by atoms with Gasteiger partial charge in [0, 0.05) is 22.4 Å². The van der Waals surface area contributed by atoms with E-state index in [4.69, 9.17) is 4.99 Å². The Morgan fingerprint density at radius 3 is 2.83 bits per heavy atom. The summed E-state index contributed by atoms with van der Waals surface area (Å²) in [5.41, 5.74) is 10.9. The van der Waals surface area contributed by atoms with Gasteiger partial charge in [-0.1, -0.05) is 30.3 Å². The fourth-order valence-electron chi connectivity index (χ4n) is 3.93. The molecule has 0 saturated heterocycles. The van der Waals surface area contributed by atoms with Crippen molar-refractivity contribution in [3.05, 3.63) is 70.1 Å². The Balaban J connectivity index is 1.63. The van der Waals surface area contributed by atoms with Crippen LogP contribution in [0.25, 0.3) is 0 Å². The van der Waals surface area contributed by atoms with Crippen LogP contribution in [0.4, 0.5) is 0 Å². The second-order valence-corrected chi connectivity index (χ2v) is 6.36. The Bertz CT molecular complexity index is 884. The van der Waals surface area contributed by atoms with Crippen LogP contribution in [0.5, 0.6) is 0 Å². The number of carbonyl (C=O) groups is 1. The third kappa shape index (κ3) is 1.88. The van der Waals surface area contributed by atoms with Crippen LogP contribution >= 0.6 is 0 Å². The molecule has 1 unspecified atom stereocenters. The number of aliphatic imine (C=N–C) groups is 1. The van der Waals surface area contributed by atoms with Crippen molar-refractivity contribution in [2.45, 2.75) is 25.2 Å². The van der Waals surface area contributed by atoms with E-state index < -0.39 is 0 Å². The maximum Gasteiger partial charge on any atom is 0.162 e. The highest BCUT2D eigenvalue weighted by molar-refractivity contribution is 6.16. The molecule has 23 heavy (non-hydrogen) atoms. The van der Waals surface area contributed by atoms with E-state index in [1.807, 2.05) is 6.07 Å². The minimum Gasteiger partial charge on any atom is -0.294 e. The van der Waals surface area contributed by atoms with E-state index in [-0.39, 0.29) is 5.78 Å². The third-order valence-electron chi connectivity index (χ3n) is 4.91. The molecule has 4 nitrogen and oxygen atoms in total. The first kappa shape index (κ1) is 12.8. The first-order valence-corrected chi connectivity index (χ1v) is 7.93. The fraction of sp³-hybridized carbons (Fsp3) is 0.211. The van der Waals surface area contributed by atoms with Crippen LogP contribution in [-0.2, 0) is 4.79 Å². The summed E-state index contributed by atoms with van der Waals surface area (Å²) >= 11 is 0. The van der Waals surface area contributed by atoms with Gasteiger partial charge in [0.05, 0.1) is 24.0 Å². The lowest BCUT2D eigenvalue weighted by Crippen LogP contribution is -2.22. The van der Waals surface area contributed by atoms with Crippen LogP contribution in [0.3, 0.4) is 0 Å². The minimum atomic E-state index is 0.108. The molecule has 0 radical (unpaired) electrons. The van der Waals surface area contributed by atoms with Gasteiger partial charge in [-0.3, -0.25) is 15.2 Å². The van der Waals surface area contributed by atoms with Crippen LogP contribution in [0.2, 0.25) is 0 Å². The quantitative estimate of drug-likeness (QED) is 0.867. The van der Waals surface area contributed by atoms with Crippen LogP contribution in [-0.4, -0.2) is 17.7 Å². The van der Waals surface area contributed by atoms with E-state index in [2.05, 4.69) is 34.8 Å². The number of nitrogens with one attached hydrogen (secondary N) is 1. The molecule has 2 heterocycles. The average Bonchev–Trinajstić information content (AvgIpc) is 2.82. The zero-order chi connectivity index (χ0) is 15.4. The van der Waals surface area contributed by atoms with Gasteiger partial charge in [0.15, 0.2) is 5.78 Å². The molecule has 0 amide bonds. The summed E-state index contributed by atoms with van der Waals surface area (Å²) in [7, 11) is 0. The topological polar surface area (TPSA) is 53.8 Å². The van der Waals surface area contributed by atoms with Crippen molar-refractivity contribution in [3.63, 3.8) is 0 Å². The van der Waals surface area contributed by atoms with Crippen molar-refractivity contribution in [2.24, 2.45) is 10.1 Å². The van der Waals surface area contributed by atoms with Gasteiger partial charge in [0.1, 0.15) is 0 Å². The SMILES string of the molecule is O=C1C=C2C=NNC3=C4C(=NC(=C24)C1)CC(c1ccccc1)C3. The lowest BCUT2D eigenvalue weighted by molar-refractivity contribution is -0.114. The number of ketones is 1. The molecule has 4 aliphatic rings. The number of carbonyl (C=O) groups excluding carboxylic acids is 1.